The predicted octanol–water partition coefficient (Wildman–Crippen LogP) is 4.04. The van der Waals surface area contributed by atoms with Crippen LogP contribution in [0.25, 0.3) is 0 Å². The highest BCUT2D eigenvalue weighted by atomic mass is 16.5. The highest BCUT2D eigenvalue weighted by molar-refractivity contribution is 5.76. The van der Waals surface area contributed by atoms with Crippen molar-refractivity contribution in [2.45, 2.75) is 57.5 Å². The second kappa shape index (κ2) is 5.19. The highest BCUT2D eigenvalue weighted by Gasteiger charge is 2.42. The fraction of sp³-hybridized carbons (Fsp3) is 0.647. The van der Waals surface area contributed by atoms with Gasteiger partial charge >= 0.3 is 0 Å². The molecule has 1 fully saturated rings. The zero-order valence-electron chi connectivity index (χ0n) is 12.9. The molecule has 1 aliphatic carbocycles. The average Bonchev–Trinajstić information content (AvgIpc) is 2.47. The number of fused-ring (bicyclic) bond motifs is 1. The van der Waals surface area contributed by atoms with Gasteiger partial charge in [-0.25, -0.2) is 0 Å². The molecule has 1 heterocycles. The van der Waals surface area contributed by atoms with E-state index in [1.165, 1.54) is 43.5 Å². The van der Waals surface area contributed by atoms with Crippen molar-refractivity contribution >= 4 is 11.4 Å². The quantitative estimate of drug-likeness (QED) is 0.881. The third kappa shape index (κ3) is 2.13. The molecule has 1 aromatic carbocycles. The van der Waals surface area contributed by atoms with Gasteiger partial charge in [-0.2, -0.15) is 0 Å². The van der Waals surface area contributed by atoms with Crippen molar-refractivity contribution in [1.82, 2.24) is 0 Å². The van der Waals surface area contributed by atoms with Gasteiger partial charge < -0.3 is 15.0 Å². The highest BCUT2D eigenvalue weighted by Crippen LogP contribution is 2.45. The number of anilines is 2. The molecule has 20 heavy (non-hydrogen) atoms. The van der Waals surface area contributed by atoms with Gasteiger partial charge in [0, 0.05) is 18.7 Å². The lowest BCUT2D eigenvalue weighted by atomic mass is 9.77. The Kier molecular flexibility index (Phi) is 3.53. The summed E-state index contributed by atoms with van der Waals surface area (Å²) < 4.78 is 5.35. The molecule has 1 aliphatic heterocycles. The molecule has 2 aliphatic rings. The summed E-state index contributed by atoms with van der Waals surface area (Å²) in [6.45, 7) is 5.69. The molecule has 0 atom stereocenters. The Bertz CT molecular complexity index is 478. The summed E-state index contributed by atoms with van der Waals surface area (Å²) in [5.74, 6) is 0.930. The SMILES string of the molecule is COc1ccc2c(c1)NCC1(CCCCC1)N2C(C)C. The lowest BCUT2D eigenvalue weighted by molar-refractivity contribution is 0.270. The second-order valence-corrected chi connectivity index (χ2v) is 6.49. The lowest BCUT2D eigenvalue weighted by Gasteiger charge is -2.53. The minimum Gasteiger partial charge on any atom is -0.497 e. The first kappa shape index (κ1) is 13.6. The van der Waals surface area contributed by atoms with Crippen LogP contribution in [0.2, 0.25) is 0 Å². The largest absolute Gasteiger partial charge is 0.497 e. The van der Waals surface area contributed by atoms with Gasteiger partial charge in [0.1, 0.15) is 5.75 Å². The molecule has 1 saturated carbocycles. The van der Waals surface area contributed by atoms with Crippen LogP contribution in [0.15, 0.2) is 18.2 Å². The minimum absolute atomic E-state index is 0.313. The number of methoxy groups -OCH3 is 1. The summed E-state index contributed by atoms with van der Waals surface area (Å²) in [7, 11) is 1.73. The molecule has 0 saturated heterocycles. The van der Waals surface area contributed by atoms with E-state index >= 15 is 0 Å². The molecule has 3 heteroatoms. The van der Waals surface area contributed by atoms with Crippen LogP contribution < -0.4 is 15.0 Å². The second-order valence-electron chi connectivity index (χ2n) is 6.49. The minimum atomic E-state index is 0.313. The van der Waals surface area contributed by atoms with Crippen molar-refractivity contribution in [3.63, 3.8) is 0 Å². The van der Waals surface area contributed by atoms with Crippen LogP contribution in [0.5, 0.6) is 5.75 Å². The smallest absolute Gasteiger partial charge is 0.121 e. The van der Waals surface area contributed by atoms with E-state index in [0.29, 0.717) is 11.6 Å². The molecule has 3 rings (SSSR count). The number of nitrogens with zero attached hydrogens (tertiary/aromatic N) is 1. The van der Waals surface area contributed by atoms with Crippen LogP contribution in [0.4, 0.5) is 11.4 Å². The molecule has 1 spiro atoms. The summed E-state index contributed by atoms with van der Waals surface area (Å²) >= 11 is 0. The predicted molar refractivity (Wildman–Crippen MR) is 84.9 cm³/mol. The van der Waals surface area contributed by atoms with Crippen LogP contribution in [-0.4, -0.2) is 25.2 Å². The van der Waals surface area contributed by atoms with Gasteiger partial charge in [0.05, 0.1) is 24.0 Å². The average molecular weight is 274 g/mol. The molecule has 0 amide bonds. The maximum Gasteiger partial charge on any atom is 0.121 e. The third-order valence-corrected chi connectivity index (χ3v) is 4.88. The summed E-state index contributed by atoms with van der Waals surface area (Å²) in [6.07, 6.45) is 6.73. The van der Waals surface area contributed by atoms with Gasteiger partial charge in [0.15, 0.2) is 0 Å². The Hall–Kier alpha value is -1.38. The van der Waals surface area contributed by atoms with E-state index < -0.39 is 0 Å². The molecule has 0 aromatic heterocycles. The normalized spacial score (nSPS) is 20.7. The number of rotatable bonds is 2. The van der Waals surface area contributed by atoms with Crippen molar-refractivity contribution in [3.8, 4) is 5.75 Å². The zero-order chi connectivity index (χ0) is 14.2. The van der Waals surface area contributed by atoms with Crippen LogP contribution >= 0.6 is 0 Å². The molecule has 0 unspecified atom stereocenters. The van der Waals surface area contributed by atoms with Crippen molar-refractivity contribution in [2.24, 2.45) is 0 Å². The van der Waals surface area contributed by atoms with Crippen molar-refractivity contribution in [3.05, 3.63) is 18.2 Å². The number of hydrogen-bond donors (Lipinski definition) is 1. The fourth-order valence-electron chi connectivity index (χ4n) is 4.05. The van der Waals surface area contributed by atoms with E-state index in [1.807, 2.05) is 0 Å². The Morgan fingerprint density at radius 3 is 2.60 bits per heavy atom. The van der Waals surface area contributed by atoms with E-state index in [4.69, 9.17) is 4.74 Å². The summed E-state index contributed by atoms with van der Waals surface area (Å²) in [5.41, 5.74) is 2.87. The van der Waals surface area contributed by atoms with Crippen LogP contribution in [-0.2, 0) is 0 Å². The standard InChI is InChI=1S/C17H26N2O/c1-13(2)19-16-8-7-14(20-3)11-15(16)18-12-17(19)9-5-4-6-10-17/h7-8,11,13,18H,4-6,9-10,12H2,1-3H3. The van der Waals surface area contributed by atoms with Gasteiger partial charge in [-0.05, 0) is 38.8 Å². The summed E-state index contributed by atoms with van der Waals surface area (Å²) in [5, 5.41) is 3.66. The van der Waals surface area contributed by atoms with E-state index in [-0.39, 0.29) is 0 Å². The van der Waals surface area contributed by atoms with Gasteiger partial charge in [-0.3, -0.25) is 0 Å². The first-order chi connectivity index (χ1) is 9.66. The number of nitrogens with one attached hydrogen (secondary N) is 1. The van der Waals surface area contributed by atoms with E-state index in [9.17, 15) is 0 Å². The fourth-order valence-corrected chi connectivity index (χ4v) is 4.05. The van der Waals surface area contributed by atoms with Gasteiger partial charge in [0.25, 0.3) is 0 Å². The molecular formula is C17H26N2O. The Labute approximate surface area is 122 Å². The van der Waals surface area contributed by atoms with Crippen molar-refractivity contribution in [1.29, 1.82) is 0 Å². The maximum absolute atomic E-state index is 5.35. The van der Waals surface area contributed by atoms with Crippen molar-refractivity contribution < 1.29 is 4.74 Å². The Balaban J connectivity index is 2.01. The molecule has 0 radical (unpaired) electrons. The Morgan fingerprint density at radius 2 is 1.95 bits per heavy atom. The van der Waals surface area contributed by atoms with Gasteiger partial charge in [-0.15, -0.1) is 0 Å². The lowest BCUT2D eigenvalue weighted by Crippen LogP contribution is -2.59. The first-order valence-corrected chi connectivity index (χ1v) is 7.87. The molecule has 110 valence electrons. The van der Waals surface area contributed by atoms with Crippen LogP contribution in [0.3, 0.4) is 0 Å². The number of ether oxygens (including phenoxy) is 1. The number of hydrogen-bond acceptors (Lipinski definition) is 3. The topological polar surface area (TPSA) is 24.5 Å². The summed E-state index contributed by atoms with van der Waals surface area (Å²) in [6, 6.07) is 6.96. The molecule has 3 nitrogen and oxygen atoms in total. The van der Waals surface area contributed by atoms with Crippen LogP contribution in [0, 0.1) is 0 Å². The maximum atomic E-state index is 5.35. The van der Waals surface area contributed by atoms with E-state index in [1.54, 1.807) is 7.11 Å². The molecular weight excluding hydrogens is 248 g/mol. The summed E-state index contributed by atoms with van der Waals surface area (Å²) in [4.78, 5) is 2.66. The van der Waals surface area contributed by atoms with E-state index in [2.05, 4.69) is 42.3 Å². The first-order valence-electron chi connectivity index (χ1n) is 7.87. The number of benzene rings is 1. The van der Waals surface area contributed by atoms with Gasteiger partial charge in [0.2, 0.25) is 0 Å². The zero-order valence-corrected chi connectivity index (χ0v) is 12.9. The van der Waals surface area contributed by atoms with Crippen molar-refractivity contribution in [2.75, 3.05) is 23.9 Å². The van der Waals surface area contributed by atoms with Crippen LogP contribution in [0.1, 0.15) is 46.0 Å². The molecule has 0 bridgehead atoms. The third-order valence-electron chi connectivity index (χ3n) is 4.88. The van der Waals surface area contributed by atoms with Gasteiger partial charge in [-0.1, -0.05) is 19.3 Å². The molecule has 1 aromatic rings. The Morgan fingerprint density at radius 1 is 1.20 bits per heavy atom. The molecule has 1 N–H and O–H groups in total. The monoisotopic (exact) mass is 274 g/mol. The van der Waals surface area contributed by atoms with E-state index in [0.717, 1.165) is 12.3 Å².